The van der Waals surface area contributed by atoms with Crippen LogP contribution in [0.1, 0.15) is 25.3 Å². The van der Waals surface area contributed by atoms with E-state index in [2.05, 4.69) is 56.7 Å². The lowest BCUT2D eigenvalue weighted by molar-refractivity contribution is 0.569. The molecule has 0 saturated heterocycles. The SMILES string of the molecule is CC(C)NCCCc1nnc(-c2csc(Br)c2)s1. The van der Waals surface area contributed by atoms with Crippen molar-refractivity contribution in [2.24, 2.45) is 0 Å². The van der Waals surface area contributed by atoms with Gasteiger partial charge in [-0.15, -0.1) is 21.5 Å². The monoisotopic (exact) mass is 345 g/mol. The number of hydrogen-bond donors (Lipinski definition) is 1. The van der Waals surface area contributed by atoms with Crippen LogP contribution in [0.2, 0.25) is 0 Å². The van der Waals surface area contributed by atoms with Crippen LogP contribution in [0.3, 0.4) is 0 Å². The Morgan fingerprint density at radius 3 is 2.89 bits per heavy atom. The van der Waals surface area contributed by atoms with E-state index in [-0.39, 0.29) is 0 Å². The second-order valence-electron chi connectivity index (χ2n) is 4.35. The Morgan fingerprint density at radius 1 is 1.39 bits per heavy atom. The van der Waals surface area contributed by atoms with Crippen LogP contribution in [-0.4, -0.2) is 22.8 Å². The predicted molar refractivity (Wildman–Crippen MR) is 82.4 cm³/mol. The van der Waals surface area contributed by atoms with Crippen LogP contribution >= 0.6 is 38.6 Å². The van der Waals surface area contributed by atoms with Gasteiger partial charge in [0.15, 0.2) is 0 Å². The topological polar surface area (TPSA) is 37.8 Å². The molecular weight excluding hydrogens is 330 g/mol. The van der Waals surface area contributed by atoms with Gasteiger partial charge in [0.05, 0.1) is 3.79 Å². The molecule has 0 bridgehead atoms. The average Bonchev–Trinajstić information content (AvgIpc) is 2.93. The highest BCUT2D eigenvalue weighted by Gasteiger charge is 2.08. The molecule has 2 rings (SSSR count). The van der Waals surface area contributed by atoms with Crippen LogP contribution in [0.4, 0.5) is 0 Å². The molecule has 0 aliphatic heterocycles. The first-order chi connectivity index (χ1) is 8.65. The fraction of sp³-hybridized carbons (Fsp3) is 0.500. The smallest absolute Gasteiger partial charge is 0.148 e. The van der Waals surface area contributed by atoms with E-state index < -0.39 is 0 Å². The molecule has 18 heavy (non-hydrogen) atoms. The predicted octanol–water partition coefficient (Wildman–Crippen LogP) is 3.96. The van der Waals surface area contributed by atoms with Gasteiger partial charge in [0.1, 0.15) is 10.0 Å². The van der Waals surface area contributed by atoms with Gasteiger partial charge in [-0.3, -0.25) is 0 Å². The summed E-state index contributed by atoms with van der Waals surface area (Å²) >= 11 is 6.84. The zero-order valence-corrected chi connectivity index (χ0v) is 13.7. The number of nitrogens with zero attached hydrogens (tertiary/aromatic N) is 2. The molecule has 1 N–H and O–H groups in total. The number of hydrogen-bond acceptors (Lipinski definition) is 5. The number of thiophene rings is 1. The van der Waals surface area contributed by atoms with Gasteiger partial charge in [-0.1, -0.05) is 25.2 Å². The number of rotatable bonds is 6. The van der Waals surface area contributed by atoms with Crippen LogP contribution in [0.15, 0.2) is 15.2 Å². The Kier molecular flexibility index (Phi) is 5.29. The van der Waals surface area contributed by atoms with E-state index in [1.807, 2.05) is 0 Å². The van der Waals surface area contributed by atoms with Gasteiger partial charge in [-0.05, 0) is 35.0 Å². The first-order valence-corrected chi connectivity index (χ1v) is 8.44. The number of aryl methyl sites for hydroxylation is 1. The van der Waals surface area contributed by atoms with E-state index in [1.54, 1.807) is 22.7 Å². The van der Waals surface area contributed by atoms with E-state index in [9.17, 15) is 0 Å². The summed E-state index contributed by atoms with van der Waals surface area (Å²) in [5.74, 6) is 0. The molecule has 0 aliphatic rings. The summed E-state index contributed by atoms with van der Waals surface area (Å²) in [5.41, 5.74) is 1.16. The maximum atomic E-state index is 4.25. The summed E-state index contributed by atoms with van der Waals surface area (Å²) in [6, 6.07) is 2.65. The molecule has 0 amide bonds. The van der Waals surface area contributed by atoms with Gasteiger partial charge in [0.2, 0.25) is 0 Å². The summed E-state index contributed by atoms with van der Waals surface area (Å²) in [5, 5.41) is 16.2. The molecule has 0 spiro atoms. The van der Waals surface area contributed by atoms with Crippen molar-refractivity contribution in [3.05, 3.63) is 20.2 Å². The van der Waals surface area contributed by atoms with Gasteiger partial charge in [0.25, 0.3) is 0 Å². The van der Waals surface area contributed by atoms with Gasteiger partial charge in [0, 0.05) is 23.4 Å². The van der Waals surface area contributed by atoms with Crippen molar-refractivity contribution in [2.45, 2.75) is 32.7 Å². The number of halogens is 1. The van der Waals surface area contributed by atoms with E-state index >= 15 is 0 Å². The lowest BCUT2D eigenvalue weighted by atomic mass is 10.3. The molecule has 0 aliphatic carbocycles. The Hall–Kier alpha value is -0.300. The van der Waals surface area contributed by atoms with E-state index in [0.717, 1.165) is 38.8 Å². The lowest BCUT2D eigenvalue weighted by Gasteiger charge is -2.05. The molecule has 2 aromatic heterocycles. The van der Waals surface area contributed by atoms with Crippen molar-refractivity contribution in [3.8, 4) is 10.6 Å². The van der Waals surface area contributed by atoms with Crippen molar-refractivity contribution in [1.82, 2.24) is 15.5 Å². The minimum absolute atomic E-state index is 0.554. The molecule has 0 atom stereocenters. The summed E-state index contributed by atoms with van der Waals surface area (Å²) in [6.07, 6.45) is 2.11. The molecule has 98 valence electrons. The minimum atomic E-state index is 0.554. The summed E-state index contributed by atoms with van der Waals surface area (Å²) in [6.45, 7) is 5.37. The third-order valence-corrected chi connectivity index (χ3v) is 4.94. The third-order valence-electron chi connectivity index (χ3n) is 2.40. The maximum Gasteiger partial charge on any atom is 0.148 e. The highest BCUT2D eigenvalue weighted by Crippen LogP contribution is 2.31. The molecular formula is C12H16BrN3S2. The van der Waals surface area contributed by atoms with E-state index in [0.29, 0.717) is 6.04 Å². The van der Waals surface area contributed by atoms with E-state index in [1.165, 1.54) is 0 Å². The summed E-state index contributed by atoms with van der Waals surface area (Å²) in [4.78, 5) is 0. The summed E-state index contributed by atoms with van der Waals surface area (Å²) in [7, 11) is 0. The van der Waals surface area contributed by atoms with E-state index in [4.69, 9.17) is 0 Å². The van der Waals surface area contributed by atoms with Gasteiger partial charge >= 0.3 is 0 Å². The Bertz CT molecular complexity index is 493. The molecule has 2 heterocycles. The van der Waals surface area contributed by atoms with Gasteiger partial charge in [-0.25, -0.2) is 0 Å². The summed E-state index contributed by atoms with van der Waals surface area (Å²) < 4.78 is 1.13. The van der Waals surface area contributed by atoms with Gasteiger partial charge < -0.3 is 5.32 Å². The van der Waals surface area contributed by atoms with Crippen molar-refractivity contribution < 1.29 is 0 Å². The molecule has 0 aromatic carbocycles. The Labute approximate surface area is 124 Å². The molecule has 3 nitrogen and oxygen atoms in total. The zero-order chi connectivity index (χ0) is 13.0. The zero-order valence-electron chi connectivity index (χ0n) is 10.4. The average molecular weight is 346 g/mol. The van der Waals surface area contributed by atoms with Crippen molar-refractivity contribution >= 4 is 38.6 Å². The minimum Gasteiger partial charge on any atom is -0.315 e. The van der Waals surface area contributed by atoms with Gasteiger partial charge in [-0.2, -0.15) is 0 Å². The highest BCUT2D eigenvalue weighted by atomic mass is 79.9. The third kappa shape index (κ3) is 4.12. The number of nitrogens with one attached hydrogen (secondary N) is 1. The first kappa shape index (κ1) is 14.1. The molecule has 2 aromatic rings. The highest BCUT2D eigenvalue weighted by molar-refractivity contribution is 9.11. The van der Waals surface area contributed by atoms with Crippen LogP contribution in [0, 0.1) is 0 Å². The van der Waals surface area contributed by atoms with Crippen LogP contribution in [-0.2, 0) is 6.42 Å². The molecule has 0 unspecified atom stereocenters. The van der Waals surface area contributed by atoms with Crippen LogP contribution in [0.25, 0.3) is 10.6 Å². The molecule has 6 heteroatoms. The van der Waals surface area contributed by atoms with Crippen molar-refractivity contribution in [3.63, 3.8) is 0 Å². The second-order valence-corrected chi connectivity index (χ2v) is 7.71. The molecule has 0 fully saturated rings. The van der Waals surface area contributed by atoms with Crippen LogP contribution in [0.5, 0.6) is 0 Å². The fourth-order valence-electron chi connectivity index (χ4n) is 1.52. The Balaban J connectivity index is 1.86. The molecule has 0 saturated carbocycles. The van der Waals surface area contributed by atoms with Crippen molar-refractivity contribution in [2.75, 3.05) is 6.54 Å². The Morgan fingerprint density at radius 2 is 2.22 bits per heavy atom. The largest absolute Gasteiger partial charge is 0.315 e. The van der Waals surface area contributed by atoms with Crippen molar-refractivity contribution in [1.29, 1.82) is 0 Å². The quantitative estimate of drug-likeness (QED) is 0.805. The number of aromatic nitrogens is 2. The molecule has 0 radical (unpaired) electrons. The standard InChI is InChI=1S/C12H16BrN3S2/c1-8(2)14-5-3-4-11-15-16-12(18-11)9-6-10(13)17-7-9/h6-8,14H,3-5H2,1-2H3. The van der Waals surface area contributed by atoms with Crippen LogP contribution < -0.4 is 5.32 Å². The fourth-order valence-corrected chi connectivity index (χ4v) is 3.61. The second kappa shape index (κ2) is 6.75. The lowest BCUT2D eigenvalue weighted by Crippen LogP contribution is -2.23. The normalized spacial score (nSPS) is 11.3. The first-order valence-electron chi connectivity index (χ1n) is 5.95. The maximum absolute atomic E-state index is 4.25.